The Bertz CT molecular complexity index is 316. The van der Waals surface area contributed by atoms with Crippen molar-refractivity contribution in [2.45, 2.75) is 25.1 Å². The van der Waals surface area contributed by atoms with E-state index in [-0.39, 0.29) is 11.3 Å². The molecule has 1 aromatic heterocycles. The summed E-state index contributed by atoms with van der Waals surface area (Å²) in [5.41, 5.74) is 1.02. The predicted molar refractivity (Wildman–Crippen MR) is 64.2 cm³/mol. The minimum Gasteiger partial charge on any atom is -0.308 e. The van der Waals surface area contributed by atoms with Crippen molar-refractivity contribution in [2.24, 2.45) is 0 Å². The van der Waals surface area contributed by atoms with Gasteiger partial charge < -0.3 is 5.32 Å². The highest BCUT2D eigenvalue weighted by Gasteiger charge is 2.09. The molecule has 3 unspecified atom stereocenters. The van der Waals surface area contributed by atoms with Gasteiger partial charge in [0.15, 0.2) is 0 Å². The van der Waals surface area contributed by atoms with Gasteiger partial charge in [-0.25, -0.2) is 0 Å². The van der Waals surface area contributed by atoms with Crippen LogP contribution < -0.4 is 5.32 Å². The van der Waals surface area contributed by atoms with Gasteiger partial charge in [-0.15, -0.1) is 0 Å². The molecule has 84 valence electrons. The molecule has 0 radical (unpaired) electrons. The summed E-state index contributed by atoms with van der Waals surface area (Å²) in [7, 11) is -0.766. The van der Waals surface area contributed by atoms with E-state index < -0.39 is 10.8 Å². The molecule has 3 atom stereocenters. The van der Waals surface area contributed by atoms with Crippen molar-refractivity contribution < 1.29 is 4.21 Å². The van der Waals surface area contributed by atoms with E-state index in [9.17, 15) is 4.21 Å². The van der Waals surface area contributed by atoms with Crippen molar-refractivity contribution in [1.29, 1.82) is 0 Å². The zero-order chi connectivity index (χ0) is 11.3. The van der Waals surface area contributed by atoms with E-state index in [0.717, 1.165) is 12.2 Å². The van der Waals surface area contributed by atoms with Crippen LogP contribution in [0, 0.1) is 0 Å². The highest BCUT2D eigenvalue weighted by Crippen LogP contribution is 2.07. The fourth-order valence-corrected chi connectivity index (χ4v) is 1.53. The minimum atomic E-state index is -0.766. The quantitative estimate of drug-likeness (QED) is 0.827. The number of hydrogen-bond donors (Lipinski definition) is 1. The lowest BCUT2D eigenvalue weighted by Crippen LogP contribution is -2.30. The first kappa shape index (κ1) is 12.3. The molecule has 0 aliphatic rings. The van der Waals surface area contributed by atoms with Gasteiger partial charge in [-0.05, 0) is 26.0 Å². The molecule has 0 saturated carbocycles. The van der Waals surface area contributed by atoms with Crippen molar-refractivity contribution in [3.63, 3.8) is 0 Å². The molecule has 3 nitrogen and oxygen atoms in total. The zero-order valence-corrected chi connectivity index (χ0v) is 10.3. The first-order chi connectivity index (χ1) is 7.11. The maximum Gasteiger partial charge on any atom is 0.0570 e. The summed E-state index contributed by atoms with van der Waals surface area (Å²) in [4.78, 5) is 4.26. The van der Waals surface area contributed by atoms with Gasteiger partial charge in [0.25, 0.3) is 0 Å². The second-order valence-corrected chi connectivity index (χ2v) is 5.50. The molecule has 4 heteroatoms. The number of aromatic nitrogens is 1. The standard InChI is InChI=1S/C11H18N2OS/c1-9(15(3)14)8-13-10(2)11-6-4-5-7-12-11/h4-7,9-10,13H,8H2,1-3H3. The first-order valence-electron chi connectivity index (χ1n) is 5.07. The van der Waals surface area contributed by atoms with E-state index in [4.69, 9.17) is 0 Å². The number of rotatable bonds is 5. The summed E-state index contributed by atoms with van der Waals surface area (Å²) in [5, 5.41) is 3.50. The lowest BCUT2D eigenvalue weighted by molar-refractivity contribution is 0.557. The second-order valence-electron chi connectivity index (χ2n) is 3.69. The van der Waals surface area contributed by atoms with Gasteiger partial charge in [-0.3, -0.25) is 9.19 Å². The summed E-state index contributed by atoms with van der Waals surface area (Å²) < 4.78 is 11.1. The summed E-state index contributed by atoms with van der Waals surface area (Å²) in [6, 6.07) is 6.07. The van der Waals surface area contributed by atoms with Crippen LogP contribution in [0.3, 0.4) is 0 Å². The second kappa shape index (κ2) is 5.98. The highest BCUT2D eigenvalue weighted by atomic mass is 32.2. The van der Waals surface area contributed by atoms with Gasteiger partial charge >= 0.3 is 0 Å². The Hall–Kier alpha value is -0.740. The molecule has 0 aliphatic heterocycles. The molecule has 0 bridgehead atoms. The highest BCUT2D eigenvalue weighted by molar-refractivity contribution is 7.84. The molecule has 15 heavy (non-hydrogen) atoms. The van der Waals surface area contributed by atoms with Crippen LogP contribution in [-0.4, -0.2) is 27.2 Å². The summed E-state index contributed by atoms with van der Waals surface area (Å²) >= 11 is 0. The topological polar surface area (TPSA) is 42.0 Å². The van der Waals surface area contributed by atoms with E-state index in [1.165, 1.54) is 0 Å². The molecule has 1 N–H and O–H groups in total. The van der Waals surface area contributed by atoms with Gasteiger partial charge in [-0.2, -0.15) is 0 Å². The summed E-state index contributed by atoms with van der Waals surface area (Å²) in [6.07, 6.45) is 3.52. The fraction of sp³-hybridized carbons (Fsp3) is 0.545. The third-order valence-corrected chi connectivity index (χ3v) is 3.71. The van der Waals surface area contributed by atoms with Crippen molar-refractivity contribution in [1.82, 2.24) is 10.3 Å². The van der Waals surface area contributed by atoms with Crippen molar-refractivity contribution >= 4 is 10.8 Å². The van der Waals surface area contributed by atoms with Crippen LogP contribution in [0.5, 0.6) is 0 Å². The molecule has 1 heterocycles. The monoisotopic (exact) mass is 226 g/mol. The van der Waals surface area contributed by atoms with Gasteiger partial charge in [0.1, 0.15) is 0 Å². The first-order valence-corrected chi connectivity index (χ1v) is 6.70. The van der Waals surface area contributed by atoms with Crippen LogP contribution in [0.25, 0.3) is 0 Å². The number of nitrogens with zero attached hydrogens (tertiary/aromatic N) is 1. The van der Waals surface area contributed by atoms with E-state index in [1.807, 2.05) is 25.1 Å². The molecular weight excluding hydrogens is 208 g/mol. The van der Waals surface area contributed by atoms with Crippen LogP contribution in [-0.2, 0) is 10.8 Å². The smallest absolute Gasteiger partial charge is 0.0570 e. The summed E-state index contributed by atoms with van der Waals surface area (Å²) in [6.45, 7) is 4.79. The Kier molecular flexibility index (Phi) is 4.91. The summed E-state index contributed by atoms with van der Waals surface area (Å²) in [5.74, 6) is 0. The Morgan fingerprint density at radius 1 is 1.47 bits per heavy atom. The Labute approximate surface area is 93.8 Å². The fourth-order valence-electron chi connectivity index (χ4n) is 1.20. The minimum absolute atomic E-state index is 0.177. The Morgan fingerprint density at radius 3 is 2.73 bits per heavy atom. The maximum absolute atomic E-state index is 11.1. The molecule has 1 aromatic rings. The third kappa shape index (κ3) is 4.10. The average Bonchev–Trinajstić information content (AvgIpc) is 2.26. The van der Waals surface area contributed by atoms with Crippen LogP contribution in [0.4, 0.5) is 0 Å². The Balaban J connectivity index is 2.43. The van der Waals surface area contributed by atoms with Crippen LogP contribution in [0.15, 0.2) is 24.4 Å². The van der Waals surface area contributed by atoms with Gasteiger partial charge in [-0.1, -0.05) is 6.07 Å². The molecule has 0 spiro atoms. The normalized spacial score (nSPS) is 17.0. The molecule has 0 saturated heterocycles. The van der Waals surface area contributed by atoms with Gasteiger partial charge in [0.05, 0.1) is 5.69 Å². The van der Waals surface area contributed by atoms with Crippen molar-refractivity contribution in [2.75, 3.05) is 12.8 Å². The Morgan fingerprint density at radius 2 is 2.20 bits per heavy atom. The van der Waals surface area contributed by atoms with Crippen LogP contribution in [0.1, 0.15) is 25.6 Å². The molecule has 1 rings (SSSR count). The van der Waals surface area contributed by atoms with Crippen molar-refractivity contribution in [3.8, 4) is 0 Å². The third-order valence-electron chi connectivity index (χ3n) is 2.41. The average molecular weight is 226 g/mol. The van der Waals surface area contributed by atoms with Gasteiger partial charge in [0, 0.05) is 41.1 Å². The molecule has 0 fully saturated rings. The predicted octanol–water partition coefficient (Wildman–Crippen LogP) is 1.50. The van der Waals surface area contributed by atoms with E-state index in [1.54, 1.807) is 12.5 Å². The van der Waals surface area contributed by atoms with Crippen LogP contribution in [0.2, 0.25) is 0 Å². The van der Waals surface area contributed by atoms with Gasteiger partial charge in [0.2, 0.25) is 0 Å². The maximum atomic E-state index is 11.1. The zero-order valence-electron chi connectivity index (χ0n) is 9.43. The lowest BCUT2D eigenvalue weighted by atomic mass is 10.2. The number of hydrogen-bond acceptors (Lipinski definition) is 3. The molecular formula is C11H18N2OS. The van der Waals surface area contributed by atoms with Crippen molar-refractivity contribution in [3.05, 3.63) is 30.1 Å². The molecule has 0 aliphatic carbocycles. The number of nitrogens with one attached hydrogen (secondary N) is 1. The van der Waals surface area contributed by atoms with E-state index in [2.05, 4.69) is 17.2 Å². The van der Waals surface area contributed by atoms with Crippen LogP contribution >= 0.6 is 0 Å². The van der Waals surface area contributed by atoms with E-state index in [0.29, 0.717) is 0 Å². The molecule has 0 amide bonds. The van der Waals surface area contributed by atoms with E-state index >= 15 is 0 Å². The number of pyridine rings is 1. The largest absolute Gasteiger partial charge is 0.308 e. The SMILES string of the molecule is CC(NCC(C)S(C)=O)c1ccccn1. The molecule has 0 aromatic carbocycles. The lowest BCUT2D eigenvalue weighted by Gasteiger charge is -2.15.